The van der Waals surface area contributed by atoms with Crippen LogP contribution >= 0.6 is 0 Å². The minimum Gasteiger partial charge on any atom is -0.461 e. The molecule has 1 fully saturated rings. The van der Waals surface area contributed by atoms with Gasteiger partial charge in [-0.05, 0) is 50.2 Å². The van der Waals surface area contributed by atoms with Gasteiger partial charge in [0.05, 0.1) is 12.2 Å². The number of carbonyl (C=O) groups excluding carboxylic acids is 2. The van der Waals surface area contributed by atoms with E-state index >= 15 is 0 Å². The molecule has 2 aromatic carbocycles. The van der Waals surface area contributed by atoms with Gasteiger partial charge in [-0.15, -0.1) is 0 Å². The van der Waals surface area contributed by atoms with E-state index in [9.17, 15) is 14.0 Å². The first-order valence-electron chi connectivity index (χ1n) is 11.8. The number of halogens is 1. The van der Waals surface area contributed by atoms with Crippen LogP contribution in [0, 0.1) is 5.82 Å². The Bertz CT molecular complexity index is 1140. The summed E-state index contributed by atoms with van der Waals surface area (Å²) in [5.41, 5.74) is 1.98. The highest BCUT2D eigenvalue weighted by Gasteiger charge is 2.23. The van der Waals surface area contributed by atoms with E-state index in [1.807, 2.05) is 12.1 Å². The molecule has 0 spiro atoms. The van der Waals surface area contributed by atoms with Gasteiger partial charge in [-0.2, -0.15) is 0 Å². The van der Waals surface area contributed by atoms with E-state index in [4.69, 9.17) is 9.15 Å². The Balaban J connectivity index is 1.27. The van der Waals surface area contributed by atoms with Crippen LogP contribution in [-0.2, 0) is 4.74 Å². The van der Waals surface area contributed by atoms with E-state index in [0.717, 1.165) is 44.8 Å². The van der Waals surface area contributed by atoms with Crippen molar-refractivity contribution in [1.82, 2.24) is 15.2 Å². The summed E-state index contributed by atoms with van der Waals surface area (Å²) < 4.78 is 23.6. The number of piperazine rings is 1. The third-order valence-electron chi connectivity index (χ3n) is 5.95. The van der Waals surface area contributed by atoms with Crippen LogP contribution in [0.4, 0.5) is 10.1 Å². The number of amides is 1. The molecule has 184 valence electrons. The van der Waals surface area contributed by atoms with Crippen molar-refractivity contribution < 1.29 is 23.1 Å². The molecule has 1 aromatic heterocycles. The first-order valence-corrected chi connectivity index (χ1v) is 11.8. The monoisotopic (exact) mass is 480 g/mol. The van der Waals surface area contributed by atoms with Crippen molar-refractivity contribution in [3.05, 3.63) is 72.0 Å². The lowest BCUT2D eigenvalue weighted by Gasteiger charge is -2.36. The van der Waals surface area contributed by atoms with Gasteiger partial charge in [-0.1, -0.05) is 18.2 Å². The van der Waals surface area contributed by atoms with Crippen molar-refractivity contribution in [3.8, 4) is 11.3 Å². The Morgan fingerprint density at radius 2 is 1.83 bits per heavy atom. The Labute approximate surface area is 203 Å². The minimum atomic E-state index is -0.592. The Morgan fingerprint density at radius 1 is 1.09 bits per heavy atom. The maximum atomic E-state index is 13.1. The van der Waals surface area contributed by atoms with Crippen molar-refractivity contribution >= 4 is 17.6 Å². The fourth-order valence-corrected chi connectivity index (χ4v) is 4.14. The van der Waals surface area contributed by atoms with Crippen molar-refractivity contribution in [2.45, 2.75) is 13.3 Å². The average Bonchev–Trinajstić information content (AvgIpc) is 3.38. The van der Waals surface area contributed by atoms with Gasteiger partial charge in [0.1, 0.15) is 5.82 Å². The van der Waals surface area contributed by atoms with E-state index < -0.39 is 5.97 Å². The number of rotatable bonds is 9. The largest absolute Gasteiger partial charge is 0.461 e. The van der Waals surface area contributed by atoms with Crippen LogP contribution in [0.5, 0.6) is 0 Å². The number of aromatic nitrogens is 1. The fraction of sp³-hybridized carbons (Fsp3) is 0.346. The highest BCUT2D eigenvalue weighted by atomic mass is 19.1. The van der Waals surface area contributed by atoms with Gasteiger partial charge in [-0.25, -0.2) is 14.2 Å². The molecular weight excluding hydrogens is 451 g/mol. The molecule has 0 radical (unpaired) electrons. The normalized spacial score (nSPS) is 14.1. The molecule has 35 heavy (non-hydrogen) atoms. The van der Waals surface area contributed by atoms with E-state index in [1.54, 1.807) is 31.2 Å². The predicted octanol–water partition coefficient (Wildman–Crippen LogP) is 3.60. The second-order valence-electron chi connectivity index (χ2n) is 8.21. The summed E-state index contributed by atoms with van der Waals surface area (Å²) in [5, 5.41) is 2.96. The summed E-state index contributed by atoms with van der Waals surface area (Å²) in [5.74, 6) is -0.843. The Hall–Kier alpha value is -3.72. The maximum Gasteiger partial charge on any atom is 0.360 e. The summed E-state index contributed by atoms with van der Waals surface area (Å²) in [7, 11) is 0. The molecule has 0 unspecified atom stereocenters. The number of esters is 1. The van der Waals surface area contributed by atoms with E-state index in [0.29, 0.717) is 17.7 Å². The van der Waals surface area contributed by atoms with Gasteiger partial charge in [0, 0.05) is 44.0 Å². The number of anilines is 1. The van der Waals surface area contributed by atoms with Crippen LogP contribution in [0.1, 0.15) is 34.2 Å². The molecule has 1 saturated heterocycles. The molecular formula is C26H29FN4O4. The zero-order valence-electron chi connectivity index (χ0n) is 19.7. The van der Waals surface area contributed by atoms with Crippen LogP contribution in [0.25, 0.3) is 11.3 Å². The summed E-state index contributed by atoms with van der Waals surface area (Å²) in [6.07, 6.45) is 1.98. The molecule has 1 aliphatic rings. The molecule has 0 saturated carbocycles. The van der Waals surface area contributed by atoms with Crippen LogP contribution in [0.15, 0.2) is 59.3 Å². The van der Waals surface area contributed by atoms with Crippen molar-refractivity contribution in [3.63, 3.8) is 0 Å². The maximum absolute atomic E-state index is 13.1. The molecule has 3 aromatic rings. The Morgan fingerprint density at radius 3 is 2.57 bits per heavy atom. The lowest BCUT2D eigenvalue weighted by molar-refractivity contribution is 0.0520. The number of hydrogen-bond acceptors (Lipinski definition) is 7. The summed E-state index contributed by atoms with van der Waals surface area (Å²) >= 11 is 0. The number of carbonyl (C=O) groups is 2. The highest BCUT2D eigenvalue weighted by Crippen LogP contribution is 2.27. The van der Waals surface area contributed by atoms with Crippen LogP contribution in [0.2, 0.25) is 0 Å². The number of oxazole rings is 1. The lowest BCUT2D eigenvalue weighted by Crippen LogP contribution is -2.47. The first kappa shape index (κ1) is 24.4. The van der Waals surface area contributed by atoms with Crippen molar-refractivity contribution in [2.75, 3.05) is 50.8 Å². The number of nitrogens with one attached hydrogen (secondary N) is 1. The van der Waals surface area contributed by atoms with Gasteiger partial charge >= 0.3 is 5.97 Å². The summed E-state index contributed by atoms with van der Waals surface area (Å²) in [6, 6.07) is 13.6. The number of hydrogen-bond donors (Lipinski definition) is 1. The zero-order chi connectivity index (χ0) is 24.6. The van der Waals surface area contributed by atoms with Gasteiger partial charge in [0.25, 0.3) is 5.91 Å². The fourth-order valence-electron chi connectivity index (χ4n) is 4.14. The molecule has 4 rings (SSSR count). The molecule has 0 bridgehead atoms. The number of ether oxygens (including phenoxy) is 1. The molecule has 0 atom stereocenters. The van der Waals surface area contributed by atoms with Gasteiger partial charge in [0.15, 0.2) is 17.8 Å². The van der Waals surface area contributed by atoms with Crippen LogP contribution in [0.3, 0.4) is 0 Å². The molecule has 8 nitrogen and oxygen atoms in total. The second-order valence-corrected chi connectivity index (χ2v) is 8.21. The zero-order valence-corrected chi connectivity index (χ0v) is 19.7. The predicted molar refractivity (Wildman–Crippen MR) is 130 cm³/mol. The molecule has 0 aliphatic carbocycles. The first-order chi connectivity index (χ1) is 17.1. The molecule has 1 amide bonds. The molecule has 1 N–H and O–H groups in total. The van der Waals surface area contributed by atoms with Crippen LogP contribution < -0.4 is 10.2 Å². The highest BCUT2D eigenvalue weighted by molar-refractivity contribution is 6.03. The number of benzene rings is 2. The van der Waals surface area contributed by atoms with Crippen molar-refractivity contribution in [1.29, 1.82) is 0 Å². The second kappa shape index (κ2) is 11.6. The minimum absolute atomic E-state index is 0.0480. The smallest absolute Gasteiger partial charge is 0.360 e. The van der Waals surface area contributed by atoms with Gasteiger partial charge < -0.3 is 19.4 Å². The summed E-state index contributed by atoms with van der Waals surface area (Å²) in [6.45, 7) is 6.91. The molecule has 1 aliphatic heterocycles. The third-order valence-corrected chi connectivity index (χ3v) is 5.95. The molecule has 9 heteroatoms. The van der Waals surface area contributed by atoms with E-state index in [-0.39, 0.29) is 29.8 Å². The van der Waals surface area contributed by atoms with E-state index in [1.165, 1.54) is 18.5 Å². The topological polar surface area (TPSA) is 87.9 Å². The van der Waals surface area contributed by atoms with Crippen LogP contribution in [-0.4, -0.2) is 67.6 Å². The third kappa shape index (κ3) is 6.05. The average molecular weight is 481 g/mol. The standard InChI is InChI=1S/C26H29FN4O4/c1-2-34-26(33)23-24(35-18-29-23)21-6-3-4-7-22(21)25(32)28-12-5-13-30-14-16-31(17-15-30)20-10-8-19(27)9-11-20/h3-4,6-11,18H,2,5,12-17H2,1H3,(H,28,32). The van der Waals surface area contributed by atoms with Gasteiger partial charge in [-0.3, -0.25) is 9.69 Å². The number of nitrogens with zero attached hydrogens (tertiary/aromatic N) is 3. The van der Waals surface area contributed by atoms with Gasteiger partial charge in [0.2, 0.25) is 0 Å². The lowest BCUT2D eigenvalue weighted by atomic mass is 10.0. The quantitative estimate of drug-likeness (QED) is 0.370. The summed E-state index contributed by atoms with van der Waals surface area (Å²) in [4.78, 5) is 33.7. The van der Waals surface area contributed by atoms with Crippen molar-refractivity contribution in [2.24, 2.45) is 0 Å². The SMILES string of the molecule is CCOC(=O)c1ncoc1-c1ccccc1C(=O)NCCCN1CCN(c2ccc(F)cc2)CC1. The Kier molecular flexibility index (Phi) is 8.10. The van der Waals surface area contributed by atoms with E-state index in [2.05, 4.69) is 20.1 Å². The molecule has 2 heterocycles.